The van der Waals surface area contributed by atoms with Crippen LogP contribution in [0.15, 0.2) is 66.9 Å². The Labute approximate surface area is 190 Å². The van der Waals surface area contributed by atoms with Gasteiger partial charge in [0.25, 0.3) is 5.91 Å². The number of carbonyl (C=O) groups excluding carboxylic acids is 1. The van der Waals surface area contributed by atoms with Crippen molar-refractivity contribution < 1.29 is 18.0 Å². The van der Waals surface area contributed by atoms with E-state index in [4.69, 9.17) is 0 Å². The minimum absolute atomic E-state index is 0.210. The number of amides is 1. The van der Waals surface area contributed by atoms with Crippen LogP contribution in [0.1, 0.15) is 21.5 Å². The molecule has 0 saturated carbocycles. The molecule has 1 amide bonds. The molecule has 8 heteroatoms. The molecule has 0 unspecified atom stereocenters. The predicted molar refractivity (Wildman–Crippen MR) is 122 cm³/mol. The van der Waals surface area contributed by atoms with E-state index in [-0.39, 0.29) is 28.9 Å². The van der Waals surface area contributed by atoms with Gasteiger partial charge >= 0.3 is 6.18 Å². The quantitative estimate of drug-likeness (QED) is 0.604. The zero-order chi connectivity index (χ0) is 23.4. The molecule has 5 nitrogen and oxygen atoms in total. The van der Waals surface area contributed by atoms with Crippen molar-refractivity contribution in [2.24, 2.45) is 0 Å². The van der Waals surface area contributed by atoms with Crippen molar-refractivity contribution in [1.82, 2.24) is 14.8 Å². The SMILES string of the molecule is CN1CCN(Cc2ccc(-c3ncccc3C(=O)Nc3ccccc3)cc2C(F)(F)F)CC1. The molecule has 2 aromatic carbocycles. The Morgan fingerprint density at radius 2 is 1.73 bits per heavy atom. The van der Waals surface area contributed by atoms with Crippen LogP contribution in [-0.4, -0.2) is 53.9 Å². The summed E-state index contributed by atoms with van der Waals surface area (Å²) in [5.41, 5.74) is 0.795. The molecule has 0 aliphatic carbocycles. The van der Waals surface area contributed by atoms with Gasteiger partial charge in [0, 0.05) is 50.2 Å². The average molecular weight is 454 g/mol. The van der Waals surface area contributed by atoms with E-state index >= 15 is 0 Å². The molecule has 2 heterocycles. The van der Waals surface area contributed by atoms with Crippen LogP contribution in [0.25, 0.3) is 11.3 Å². The van der Waals surface area contributed by atoms with E-state index in [9.17, 15) is 18.0 Å². The Kier molecular flexibility index (Phi) is 6.76. The van der Waals surface area contributed by atoms with Crippen molar-refractivity contribution in [2.75, 3.05) is 38.5 Å². The number of hydrogen-bond donors (Lipinski definition) is 1. The number of carbonyl (C=O) groups is 1. The molecule has 1 aliphatic rings. The highest BCUT2D eigenvalue weighted by Gasteiger charge is 2.34. The van der Waals surface area contributed by atoms with E-state index in [0.717, 1.165) is 32.2 Å². The third-order valence-electron chi connectivity index (χ3n) is 5.76. The number of halogens is 3. The number of piperazine rings is 1. The second-order valence-corrected chi connectivity index (χ2v) is 8.17. The average Bonchev–Trinajstić information content (AvgIpc) is 2.81. The largest absolute Gasteiger partial charge is 0.416 e. The second kappa shape index (κ2) is 9.72. The highest BCUT2D eigenvalue weighted by atomic mass is 19.4. The summed E-state index contributed by atoms with van der Waals surface area (Å²) in [7, 11) is 2.01. The summed E-state index contributed by atoms with van der Waals surface area (Å²) in [6, 6.07) is 16.3. The first-order valence-electron chi connectivity index (χ1n) is 10.7. The minimum Gasteiger partial charge on any atom is -0.322 e. The Morgan fingerprint density at radius 3 is 2.42 bits per heavy atom. The van der Waals surface area contributed by atoms with E-state index in [2.05, 4.69) is 15.2 Å². The number of hydrogen-bond acceptors (Lipinski definition) is 4. The topological polar surface area (TPSA) is 48.5 Å². The van der Waals surface area contributed by atoms with Gasteiger partial charge in [0.2, 0.25) is 0 Å². The standard InChI is InChI=1S/C25H25F3N4O/c1-31-12-14-32(15-13-31)17-19-10-9-18(16-22(19)25(26,27)28)23-21(8-5-11-29-23)24(33)30-20-6-3-2-4-7-20/h2-11,16H,12-15,17H2,1H3,(H,30,33). The number of nitrogens with one attached hydrogen (secondary N) is 1. The van der Waals surface area contributed by atoms with Gasteiger partial charge in [-0.25, -0.2) is 0 Å². The maximum absolute atomic E-state index is 14.0. The lowest BCUT2D eigenvalue weighted by molar-refractivity contribution is -0.138. The number of pyridine rings is 1. The van der Waals surface area contributed by atoms with Crippen molar-refractivity contribution in [2.45, 2.75) is 12.7 Å². The fourth-order valence-corrected chi connectivity index (χ4v) is 3.91. The van der Waals surface area contributed by atoms with Gasteiger partial charge in [0.05, 0.1) is 16.8 Å². The molecule has 172 valence electrons. The van der Waals surface area contributed by atoms with Gasteiger partial charge in [-0.15, -0.1) is 0 Å². The van der Waals surface area contributed by atoms with E-state index < -0.39 is 17.6 Å². The van der Waals surface area contributed by atoms with Crippen LogP contribution < -0.4 is 5.32 Å². The fraction of sp³-hybridized carbons (Fsp3) is 0.280. The summed E-state index contributed by atoms with van der Waals surface area (Å²) < 4.78 is 41.9. The van der Waals surface area contributed by atoms with Gasteiger partial charge in [0.15, 0.2) is 0 Å². The molecule has 0 spiro atoms. The van der Waals surface area contributed by atoms with Crippen molar-refractivity contribution in [1.29, 1.82) is 0 Å². The summed E-state index contributed by atoms with van der Waals surface area (Å²) in [4.78, 5) is 21.3. The van der Waals surface area contributed by atoms with Gasteiger partial charge in [-0.1, -0.05) is 30.3 Å². The molecule has 0 atom stereocenters. The summed E-state index contributed by atoms with van der Waals surface area (Å²) in [6.45, 7) is 3.33. The van der Waals surface area contributed by atoms with E-state index in [0.29, 0.717) is 5.69 Å². The molecule has 1 fully saturated rings. The first-order valence-corrected chi connectivity index (χ1v) is 10.7. The number of anilines is 1. The van der Waals surface area contributed by atoms with Gasteiger partial charge in [-0.2, -0.15) is 13.2 Å². The van der Waals surface area contributed by atoms with Crippen LogP contribution >= 0.6 is 0 Å². The Bertz CT molecular complexity index is 1110. The maximum Gasteiger partial charge on any atom is 0.416 e. The van der Waals surface area contributed by atoms with Crippen LogP contribution in [0.2, 0.25) is 0 Å². The number of alkyl halides is 3. The number of nitrogens with zero attached hydrogens (tertiary/aromatic N) is 3. The molecular formula is C25H25F3N4O. The normalized spacial score (nSPS) is 15.4. The third kappa shape index (κ3) is 5.58. The van der Waals surface area contributed by atoms with Crippen LogP contribution in [0.3, 0.4) is 0 Å². The summed E-state index contributed by atoms with van der Waals surface area (Å²) in [5, 5.41) is 2.77. The Morgan fingerprint density at radius 1 is 1.00 bits per heavy atom. The zero-order valence-electron chi connectivity index (χ0n) is 18.3. The maximum atomic E-state index is 14.0. The van der Waals surface area contributed by atoms with E-state index in [1.165, 1.54) is 12.3 Å². The van der Waals surface area contributed by atoms with Gasteiger partial charge < -0.3 is 10.2 Å². The predicted octanol–water partition coefficient (Wildman–Crippen LogP) is 4.77. The summed E-state index contributed by atoms with van der Waals surface area (Å²) in [6.07, 6.45) is -3.04. The highest BCUT2D eigenvalue weighted by molar-refractivity contribution is 6.08. The number of likely N-dealkylation sites (N-methyl/N-ethyl adjacent to an activating group) is 1. The lowest BCUT2D eigenvalue weighted by atomic mass is 9.98. The lowest BCUT2D eigenvalue weighted by Crippen LogP contribution is -2.44. The monoisotopic (exact) mass is 454 g/mol. The highest BCUT2D eigenvalue weighted by Crippen LogP contribution is 2.36. The van der Waals surface area contributed by atoms with Crippen molar-refractivity contribution in [3.8, 4) is 11.3 Å². The number of benzene rings is 2. The van der Waals surface area contributed by atoms with Crippen LogP contribution in [0, 0.1) is 0 Å². The number of rotatable bonds is 5. The Balaban J connectivity index is 1.65. The summed E-state index contributed by atoms with van der Waals surface area (Å²) in [5.74, 6) is -0.431. The molecule has 1 aromatic heterocycles. The minimum atomic E-state index is -4.51. The molecule has 1 saturated heterocycles. The molecule has 0 radical (unpaired) electrons. The molecular weight excluding hydrogens is 429 g/mol. The van der Waals surface area contributed by atoms with Crippen molar-refractivity contribution in [3.05, 3.63) is 83.6 Å². The van der Waals surface area contributed by atoms with E-state index in [1.54, 1.807) is 42.5 Å². The Hall–Kier alpha value is -3.23. The molecule has 1 N–H and O–H groups in total. The first-order chi connectivity index (χ1) is 15.8. The molecule has 0 bridgehead atoms. The molecule has 33 heavy (non-hydrogen) atoms. The third-order valence-corrected chi connectivity index (χ3v) is 5.76. The molecule has 1 aliphatic heterocycles. The lowest BCUT2D eigenvalue weighted by Gasteiger charge is -2.33. The van der Waals surface area contributed by atoms with Crippen LogP contribution in [0.5, 0.6) is 0 Å². The molecule has 4 rings (SSSR count). The smallest absolute Gasteiger partial charge is 0.322 e. The van der Waals surface area contributed by atoms with Crippen LogP contribution in [-0.2, 0) is 12.7 Å². The van der Waals surface area contributed by atoms with Crippen LogP contribution in [0.4, 0.5) is 18.9 Å². The van der Waals surface area contributed by atoms with Crippen molar-refractivity contribution in [3.63, 3.8) is 0 Å². The van der Waals surface area contributed by atoms with Gasteiger partial charge in [-0.3, -0.25) is 14.7 Å². The fourth-order valence-electron chi connectivity index (χ4n) is 3.91. The second-order valence-electron chi connectivity index (χ2n) is 8.17. The number of para-hydroxylation sites is 1. The first kappa shape index (κ1) is 22.9. The van der Waals surface area contributed by atoms with Gasteiger partial charge in [-0.05, 0) is 42.9 Å². The number of aromatic nitrogens is 1. The zero-order valence-corrected chi connectivity index (χ0v) is 18.3. The molecule has 3 aromatic rings. The van der Waals surface area contributed by atoms with Gasteiger partial charge in [0.1, 0.15) is 0 Å². The van der Waals surface area contributed by atoms with Crippen molar-refractivity contribution >= 4 is 11.6 Å². The summed E-state index contributed by atoms with van der Waals surface area (Å²) >= 11 is 0. The van der Waals surface area contributed by atoms with E-state index in [1.807, 2.05) is 18.0 Å².